The van der Waals surface area contributed by atoms with Gasteiger partial charge in [0.2, 0.25) is 0 Å². The largest absolute Gasteiger partial charge is 0.497 e. The van der Waals surface area contributed by atoms with E-state index in [0.717, 1.165) is 37.2 Å². The standard InChI is InChI=1S/C14H22N2O/c1-11-8-15-9-12(11)10-16(2)13-4-6-14(17-3)7-5-13/h4-7,11-12,15H,8-10H2,1-3H3. The Hall–Kier alpha value is -1.22. The third-order valence-corrected chi connectivity index (χ3v) is 3.70. The van der Waals surface area contributed by atoms with Crippen LogP contribution >= 0.6 is 0 Å². The Morgan fingerprint density at radius 1 is 1.29 bits per heavy atom. The summed E-state index contributed by atoms with van der Waals surface area (Å²) in [5.74, 6) is 2.44. The van der Waals surface area contributed by atoms with E-state index in [0.29, 0.717) is 0 Å². The molecule has 3 nitrogen and oxygen atoms in total. The molecule has 0 spiro atoms. The third kappa shape index (κ3) is 2.91. The molecule has 0 aliphatic carbocycles. The highest BCUT2D eigenvalue weighted by molar-refractivity contribution is 5.48. The van der Waals surface area contributed by atoms with E-state index in [2.05, 4.69) is 36.3 Å². The Labute approximate surface area is 104 Å². The summed E-state index contributed by atoms with van der Waals surface area (Å²) in [5, 5.41) is 3.45. The molecule has 0 amide bonds. The fraction of sp³-hybridized carbons (Fsp3) is 0.571. The summed E-state index contributed by atoms with van der Waals surface area (Å²) in [6.07, 6.45) is 0. The molecule has 1 heterocycles. The zero-order valence-corrected chi connectivity index (χ0v) is 10.9. The minimum absolute atomic E-state index is 0.752. The number of benzene rings is 1. The van der Waals surface area contributed by atoms with E-state index in [4.69, 9.17) is 4.74 Å². The minimum atomic E-state index is 0.752. The van der Waals surface area contributed by atoms with Gasteiger partial charge in [-0.1, -0.05) is 6.92 Å². The van der Waals surface area contributed by atoms with Gasteiger partial charge in [0.25, 0.3) is 0 Å². The predicted octanol–water partition coefficient (Wildman–Crippen LogP) is 1.99. The average Bonchev–Trinajstić information content (AvgIpc) is 2.75. The highest BCUT2D eigenvalue weighted by Gasteiger charge is 2.24. The van der Waals surface area contributed by atoms with Gasteiger partial charge in [-0.3, -0.25) is 0 Å². The van der Waals surface area contributed by atoms with Crippen molar-refractivity contribution >= 4 is 5.69 Å². The van der Waals surface area contributed by atoms with Crippen LogP contribution in [0, 0.1) is 11.8 Å². The molecule has 2 rings (SSSR count). The van der Waals surface area contributed by atoms with Crippen molar-refractivity contribution in [3.63, 3.8) is 0 Å². The van der Waals surface area contributed by atoms with Crippen LogP contribution < -0.4 is 15.0 Å². The van der Waals surface area contributed by atoms with Gasteiger partial charge in [0.15, 0.2) is 0 Å². The van der Waals surface area contributed by atoms with Crippen LogP contribution in [-0.2, 0) is 0 Å². The summed E-state index contributed by atoms with van der Waals surface area (Å²) < 4.78 is 5.17. The SMILES string of the molecule is COc1ccc(N(C)CC2CNCC2C)cc1. The van der Waals surface area contributed by atoms with Crippen molar-refractivity contribution in [2.24, 2.45) is 11.8 Å². The predicted molar refractivity (Wildman–Crippen MR) is 71.8 cm³/mol. The lowest BCUT2D eigenvalue weighted by atomic mass is 9.97. The fourth-order valence-corrected chi connectivity index (χ4v) is 2.40. The molecule has 3 heteroatoms. The van der Waals surface area contributed by atoms with Gasteiger partial charge in [-0.2, -0.15) is 0 Å². The van der Waals surface area contributed by atoms with Crippen LogP contribution in [0.1, 0.15) is 6.92 Å². The van der Waals surface area contributed by atoms with E-state index < -0.39 is 0 Å². The Bertz CT molecular complexity index is 350. The first-order valence-corrected chi connectivity index (χ1v) is 6.26. The lowest BCUT2D eigenvalue weighted by molar-refractivity contribution is 0.414. The number of methoxy groups -OCH3 is 1. The van der Waals surface area contributed by atoms with Crippen molar-refractivity contribution in [3.8, 4) is 5.75 Å². The Balaban J connectivity index is 1.96. The van der Waals surface area contributed by atoms with Crippen molar-refractivity contribution in [1.82, 2.24) is 5.32 Å². The van der Waals surface area contributed by atoms with E-state index in [9.17, 15) is 0 Å². The number of nitrogens with zero attached hydrogens (tertiary/aromatic N) is 1. The molecule has 1 fully saturated rings. The van der Waals surface area contributed by atoms with Crippen LogP contribution in [0.15, 0.2) is 24.3 Å². The van der Waals surface area contributed by atoms with Crippen molar-refractivity contribution in [2.45, 2.75) is 6.92 Å². The summed E-state index contributed by atoms with van der Waals surface area (Å²) in [5.41, 5.74) is 1.25. The maximum atomic E-state index is 5.17. The van der Waals surface area contributed by atoms with E-state index in [1.54, 1.807) is 7.11 Å². The summed E-state index contributed by atoms with van der Waals surface area (Å²) in [4.78, 5) is 2.33. The number of rotatable bonds is 4. The number of nitrogens with one attached hydrogen (secondary N) is 1. The molecule has 2 unspecified atom stereocenters. The lowest BCUT2D eigenvalue weighted by Crippen LogP contribution is -2.29. The summed E-state index contributed by atoms with van der Waals surface area (Å²) in [6.45, 7) is 5.73. The first kappa shape index (κ1) is 12.2. The molecule has 1 aromatic rings. The van der Waals surface area contributed by atoms with Gasteiger partial charge in [-0.15, -0.1) is 0 Å². The zero-order chi connectivity index (χ0) is 12.3. The van der Waals surface area contributed by atoms with Gasteiger partial charge in [0.1, 0.15) is 5.75 Å². The maximum absolute atomic E-state index is 5.17. The van der Waals surface area contributed by atoms with Crippen molar-refractivity contribution < 1.29 is 4.74 Å². The van der Waals surface area contributed by atoms with Crippen LogP contribution in [0.3, 0.4) is 0 Å². The summed E-state index contributed by atoms with van der Waals surface area (Å²) in [7, 11) is 3.86. The van der Waals surface area contributed by atoms with E-state index >= 15 is 0 Å². The first-order chi connectivity index (χ1) is 8.20. The van der Waals surface area contributed by atoms with E-state index in [1.165, 1.54) is 5.69 Å². The molecule has 1 aromatic carbocycles. The number of hydrogen-bond acceptors (Lipinski definition) is 3. The second-order valence-electron chi connectivity index (χ2n) is 4.97. The van der Waals surface area contributed by atoms with Gasteiger partial charge in [0, 0.05) is 19.3 Å². The average molecular weight is 234 g/mol. The molecule has 0 radical (unpaired) electrons. The van der Waals surface area contributed by atoms with Gasteiger partial charge in [0.05, 0.1) is 7.11 Å². The first-order valence-electron chi connectivity index (χ1n) is 6.26. The van der Waals surface area contributed by atoms with Gasteiger partial charge < -0.3 is 15.0 Å². The van der Waals surface area contributed by atoms with Crippen LogP contribution in [0.2, 0.25) is 0 Å². The molecule has 94 valence electrons. The topological polar surface area (TPSA) is 24.5 Å². The monoisotopic (exact) mass is 234 g/mol. The molecule has 0 bridgehead atoms. The quantitative estimate of drug-likeness (QED) is 0.862. The normalized spacial score (nSPS) is 23.7. The van der Waals surface area contributed by atoms with Gasteiger partial charge in [-0.25, -0.2) is 0 Å². The van der Waals surface area contributed by atoms with Crippen LogP contribution in [0.5, 0.6) is 5.75 Å². The Morgan fingerprint density at radius 3 is 2.53 bits per heavy atom. The smallest absolute Gasteiger partial charge is 0.119 e. The highest BCUT2D eigenvalue weighted by atomic mass is 16.5. The molecule has 1 aliphatic rings. The summed E-state index contributed by atoms with van der Waals surface area (Å²) in [6, 6.07) is 8.27. The van der Waals surface area contributed by atoms with Gasteiger partial charge in [-0.05, 0) is 49.2 Å². The lowest BCUT2D eigenvalue weighted by Gasteiger charge is -2.25. The fourth-order valence-electron chi connectivity index (χ4n) is 2.40. The molecule has 0 aromatic heterocycles. The second-order valence-corrected chi connectivity index (χ2v) is 4.97. The molecular weight excluding hydrogens is 212 g/mol. The number of ether oxygens (including phenoxy) is 1. The molecular formula is C14H22N2O. The Kier molecular flexibility index (Phi) is 3.89. The highest BCUT2D eigenvalue weighted by Crippen LogP contribution is 2.22. The van der Waals surface area contributed by atoms with E-state index in [1.807, 2.05) is 12.1 Å². The molecule has 0 saturated carbocycles. The maximum Gasteiger partial charge on any atom is 0.119 e. The van der Waals surface area contributed by atoms with Gasteiger partial charge >= 0.3 is 0 Å². The van der Waals surface area contributed by atoms with E-state index in [-0.39, 0.29) is 0 Å². The van der Waals surface area contributed by atoms with Crippen molar-refractivity contribution in [1.29, 1.82) is 0 Å². The zero-order valence-electron chi connectivity index (χ0n) is 10.9. The minimum Gasteiger partial charge on any atom is -0.497 e. The van der Waals surface area contributed by atoms with Crippen LogP contribution in [0.25, 0.3) is 0 Å². The summed E-state index contributed by atoms with van der Waals surface area (Å²) >= 11 is 0. The molecule has 2 atom stereocenters. The number of anilines is 1. The molecule has 1 N–H and O–H groups in total. The number of hydrogen-bond donors (Lipinski definition) is 1. The van der Waals surface area contributed by atoms with Crippen molar-refractivity contribution in [2.75, 3.05) is 38.7 Å². The Morgan fingerprint density at radius 2 is 2.00 bits per heavy atom. The second kappa shape index (κ2) is 5.41. The third-order valence-electron chi connectivity index (χ3n) is 3.70. The van der Waals surface area contributed by atoms with Crippen LogP contribution in [-0.4, -0.2) is 33.8 Å². The van der Waals surface area contributed by atoms with Crippen molar-refractivity contribution in [3.05, 3.63) is 24.3 Å². The van der Waals surface area contributed by atoms with Crippen LogP contribution in [0.4, 0.5) is 5.69 Å². The molecule has 1 aliphatic heterocycles. The molecule has 1 saturated heterocycles. The molecule has 17 heavy (non-hydrogen) atoms.